The van der Waals surface area contributed by atoms with Crippen molar-refractivity contribution in [2.45, 2.75) is 6.92 Å². The van der Waals surface area contributed by atoms with Crippen molar-refractivity contribution in [3.8, 4) is 0 Å². The van der Waals surface area contributed by atoms with Crippen molar-refractivity contribution >= 4 is 11.7 Å². The second kappa shape index (κ2) is 5.27. The smallest absolute Gasteiger partial charge is 0.256 e. The van der Waals surface area contributed by atoms with E-state index in [-0.39, 0.29) is 11.7 Å². The highest BCUT2D eigenvalue weighted by molar-refractivity contribution is 6.11. The molecular formula is C15H14N2O. The van der Waals surface area contributed by atoms with Crippen molar-refractivity contribution in [3.63, 3.8) is 0 Å². The number of aryl methyl sites for hydroxylation is 1. The first kappa shape index (κ1) is 12.0. The number of rotatable bonds is 2. The van der Waals surface area contributed by atoms with Gasteiger partial charge in [-0.15, -0.1) is 0 Å². The van der Waals surface area contributed by atoms with Crippen LogP contribution in [0.15, 0.2) is 54.6 Å². The van der Waals surface area contributed by atoms with Gasteiger partial charge in [0.15, 0.2) is 0 Å². The van der Waals surface area contributed by atoms with Gasteiger partial charge in [-0.3, -0.25) is 10.2 Å². The fourth-order valence-corrected chi connectivity index (χ4v) is 1.57. The highest BCUT2D eigenvalue weighted by atomic mass is 16.1. The predicted octanol–water partition coefficient (Wildman–Crippen LogP) is 2.75. The third-order valence-electron chi connectivity index (χ3n) is 2.61. The van der Waals surface area contributed by atoms with E-state index in [0.29, 0.717) is 11.1 Å². The Labute approximate surface area is 106 Å². The minimum atomic E-state index is -0.260. The Balaban J connectivity index is 2.08. The molecule has 0 saturated heterocycles. The van der Waals surface area contributed by atoms with Crippen LogP contribution in [0.25, 0.3) is 0 Å². The third kappa shape index (κ3) is 2.83. The first-order valence-electron chi connectivity index (χ1n) is 5.69. The molecule has 0 fully saturated rings. The minimum Gasteiger partial charge on any atom is -0.307 e. The topological polar surface area (TPSA) is 53.0 Å². The van der Waals surface area contributed by atoms with Crippen molar-refractivity contribution in [3.05, 3.63) is 71.3 Å². The molecule has 0 unspecified atom stereocenters. The van der Waals surface area contributed by atoms with Crippen molar-refractivity contribution in [2.24, 2.45) is 0 Å². The van der Waals surface area contributed by atoms with Gasteiger partial charge in [-0.1, -0.05) is 48.0 Å². The van der Waals surface area contributed by atoms with Gasteiger partial charge in [0, 0.05) is 11.1 Å². The van der Waals surface area contributed by atoms with Crippen LogP contribution in [-0.4, -0.2) is 11.7 Å². The molecule has 2 aromatic rings. The summed E-state index contributed by atoms with van der Waals surface area (Å²) < 4.78 is 0. The van der Waals surface area contributed by atoms with E-state index in [4.69, 9.17) is 5.41 Å². The standard InChI is InChI=1S/C15H14N2O/c1-11-7-9-13(10-8-11)15(18)17-14(16)12-5-3-2-4-6-12/h2-10H,1H3,(H2,16,17,18). The van der Waals surface area contributed by atoms with Crippen LogP contribution in [0.4, 0.5) is 0 Å². The zero-order chi connectivity index (χ0) is 13.0. The Bertz CT molecular complexity index is 559. The summed E-state index contributed by atoms with van der Waals surface area (Å²) >= 11 is 0. The number of benzene rings is 2. The van der Waals surface area contributed by atoms with Crippen molar-refractivity contribution in [1.29, 1.82) is 5.41 Å². The second-order valence-corrected chi connectivity index (χ2v) is 4.06. The van der Waals surface area contributed by atoms with Crippen LogP contribution in [0, 0.1) is 12.3 Å². The molecule has 90 valence electrons. The number of hydrogen-bond acceptors (Lipinski definition) is 2. The molecule has 1 amide bonds. The van der Waals surface area contributed by atoms with Crippen molar-refractivity contribution in [2.75, 3.05) is 0 Å². The lowest BCUT2D eigenvalue weighted by atomic mass is 10.1. The Morgan fingerprint density at radius 1 is 0.944 bits per heavy atom. The number of amides is 1. The van der Waals surface area contributed by atoms with Gasteiger partial charge in [-0.2, -0.15) is 0 Å². The molecule has 0 spiro atoms. The molecule has 0 heterocycles. The Hall–Kier alpha value is -2.42. The summed E-state index contributed by atoms with van der Waals surface area (Å²) in [4.78, 5) is 11.9. The van der Waals surface area contributed by atoms with Gasteiger partial charge in [0.2, 0.25) is 0 Å². The van der Waals surface area contributed by atoms with E-state index < -0.39 is 0 Å². The molecule has 0 atom stereocenters. The first-order chi connectivity index (χ1) is 8.66. The predicted molar refractivity (Wildman–Crippen MR) is 71.9 cm³/mol. The van der Waals surface area contributed by atoms with Gasteiger partial charge in [0.05, 0.1) is 0 Å². The lowest BCUT2D eigenvalue weighted by molar-refractivity contribution is 0.0977. The van der Waals surface area contributed by atoms with E-state index in [1.807, 2.05) is 37.3 Å². The zero-order valence-corrected chi connectivity index (χ0v) is 10.1. The number of carbonyl (C=O) groups excluding carboxylic acids is 1. The average Bonchev–Trinajstić information content (AvgIpc) is 2.40. The molecule has 2 rings (SSSR count). The molecule has 0 saturated carbocycles. The molecule has 18 heavy (non-hydrogen) atoms. The largest absolute Gasteiger partial charge is 0.307 e. The number of amidine groups is 1. The first-order valence-corrected chi connectivity index (χ1v) is 5.69. The summed E-state index contributed by atoms with van der Waals surface area (Å²) in [5.41, 5.74) is 2.35. The van der Waals surface area contributed by atoms with Crippen LogP contribution >= 0.6 is 0 Å². The van der Waals surface area contributed by atoms with E-state index in [1.165, 1.54) is 0 Å². The lowest BCUT2D eigenvalue weighted by Crippen LogP contribution is -2.30. The molecule has 0 bridgehead atoms. The molecular weight excluding hydrogens is 224 g/mol. The molecule has 3 nitrogen and oxygen atoms in total. The van der Waals surface area contributed by atoms with E-state index in [9.17, 15) is 4.79 Å². The fourth-order valence-electron chi connectivity index (χ4n) is 1.57. The van der Waals surface area contributed by atoms with Gasteiger partial charge in [-0.05, 0) is 19.1 Å². The van der Waals surface area contributed by atoms with Gasteiger partial charge >= 0.3 is 0 Å². The summed E-state index contributed by atoms with van der Waals surface area (Å²) in [5, 5.41) is 10.4. The van der Waals surface area contributed by atoms with Crippen molar-refractivity contribution < 1.29 is 4.79 Å². The fraction of sp³-hybridized carbons (Fsp3) is 0.0667. The summed E-state index contributed by atoms with van der Waals surface area (Å²) in [6, 6.07) is 16.4. The highest BCUT2D eigenvalue weighted by Gasteiger charge is 2.08. The van der Waals surface area contributed by atoms with Crippen LogP contribution in [0.1, 0.15) is 21.5 Å². The van der Waals surface area contributed by atoms with Gasteiger partial charge in [0.1, 0.15) is 5.84 Å². The summed E-state index contributed by atoms with van der Waals surface area (Å²) in [5.74, 6) is -0.148. The monoisotopic (exact) mass is 238 g/mol. The summed E-state index contributed by atoms with van der Waals surface area (Å²) in [6.07, 6.45) is 0. The van der Waals surface area contributed by atoms with E-state index in [1.54, 1.807) is 24.3 Å². The Morgan fingerprint density at radius 2 is 1.56 bits per heavy atom. The maximum Gasteiger partial charge on any atom is 0.256 e. The minimum absolute atomic E-state index is 0.112. The van der Waals surface area contributed by atoms with Gasteiger partial charge in [0.25, 0.3) is 5.91 Å². The molecule has 0 radical (unpaired) electrons. The quantitative estimate of drug-likeness (QED) is 0.613. The third-order valence-corrected chi connectivity index (χ3v) is 2.61. The second-order valence-electron chi connectivity index (χ2n) is 4.06. The molecule has 3 heteroatoms. The van der Waals surface area contributed by atoms with Crippen LogP contribution in [0.2, 0.25) is 0 Å². The lowest BCUT2D eigenvalue weighted by Gasteiger charge is -2.06. The molecule has 0 aliphatic rings. The average molecular weight is 238 g/mol. The van der Waals surface area contributed by atoms with Crippen molar-refractivity contribution in [1.82, 2.24) is 5.32 Å². The molecule has 2 N–H and O–H groups in total. The number of nitrogens with one attached hydrogen (secondary N) is 2. The normalized spacial score (nSPS) is 9.83. The van der Waals surface area contributed by atoms with E-state index >= 15 is 0 Å². The number of carbonyl (C=O) groups is 1. The van der Waals surface area contributed by atoms with Crippen LogP contribution in [0.3, 0.4) is 0 Å². The molecule has 0 aliphatic heterocycles. The number of hydrogen-bond donors (Lipinski definition) is 2. The maximum atomic E-state index is 11.9. The zero-order valence-electron chi connectivity index (χ0n) is 10.1. The summed E-state index contributed by atoms with van der Waals surface area (Å²) in [6.45, 7) is 1.97. The van der Waals surface area contributed by atoms with E-state index in [2.05, 4.69) is 5.32 Å². The van der Waals surface area contributed by atoms with Gasteiger partial charge in [-0.25, -0.2) is 0 Å². The molecule has 0 aromatic heterocycles. The van der Waals surface area contributed by atoms with E-state index in [0.717, 1.165) is 5.56 Å². The van der Waals surface area contributed by atoms with Gasteiger partial charge < -0.3 is 5.32 Å². The van der Waals surface area contributed by atoms with Crippen LogP contribution in [-0.2, 0) is 0 Å². The van der Waals surface area contributed by atoms with Crippen LogP contribution < -0.4 is 5.32 Å². The van der Waals surface area contributed by atoms with Crippen LogP contribution in [0.5, 0.6) is 0 Å². The maximum absolute atomic E-state index is 11.9. The highest BCUT2D eigenvalue weighted by Crippen LogP contribution is 2.04. The summed E-state index contributed by atoms with van der Waals surface area (Å²) in [7, 11) is 0. The molecule has 0 aliphatic carbocycles. The Morgan fingerprint density at radius 3 is 2.17 bits per heavy atom. The Kier molecular flexibility index (Phi) is 3.53. The SMILES string of the molecule is Cc1ccc(C(=O)NC(=N)c2ccccc2)cc1. The molecule has 2 aromatic carbocycles.